The van der Waals surface area contributed by atoms with Gasteiger partial charge in [0, 0.05) is 32.7 Å². The van der Waals surface area contributed by atoms with Gasteiger partial charge in [0.05, 0.1) is 24.4 Å². The van der Waals surface area contributed by atoms with Crippen LogP contribution in [0.1, 0.15) is 78.4 Å². The van der Waals surface area contributed by atoms with Crippen molar-refractivity contribution in [3.63, 3.8) is 0 Å². The molecule has 3 heterocycles. The molecule has 1 saturated carbocycles. The first-order valence-corrected chi connectivity index (χ1v) is 13.9. The summed E-state index contributed by atoms with van der Waals surface area (Å²) in [4.78, 5) is 36.7. The summed E-state index contributed by atoms with van der Waals surface area (Å²) in [7, 11) is 1.64. The molecule has 0 spiro atoms. The predicted molar refractivity (Wildman–Crippen MR) is 145 cm³/mol. The lowest BCUT2D eigenvalue weighted by Crippen LogP contribution is -2.47. The fourth-order valence-electron chi connectivity index (χ4n) is 5.87. The molecule has 1 atom stereocenters. The highest BCUT2D eigenvalue weighted by Gasteiger charge is 2.30. The molecule has 1 aliphatic carbocycles. The second-order valence-corrected chi connectivity index (χ2v) is 10.7. The number of rotatable bonds is 7. The second-order valence-electron chi connectivity index (χ2n) is 10.7. The van der Waals surface area contributed by atoms with Gasteiger partial charge in [0.1, 0.15) is 28.9 Å². The maximum atomic E-state index is 13.3. The van der Waals surface area contributed by atoms with Crippen molar-refractivity contribution in [2.75, 3.05) is 33.3 Å². The van der Waals surface area contributed by atoms with Gasteiger partial charge < -0.3 is 29.6 Å². The molecule has 2 fully saturated rings. The number of aromatic amines is 1. The molecule has 1 aliphatic heterocycles. The fourth-order valence-corrected chi connectivity index (χ4v) is 5.87. The molecule has 3 aromatic rings. The van der Waals surface area contributed by atoms with Crippen molar-refractivity contribution in [1.82, 2.24) is 30.2 Å². The number of ether oxygens (including phenoxy) is 1. The normalized spacial score (nSPS) is 18.5. The van der Waals surface area contributed by atoms with Crippen molar-refractivity contribution in [2.24, 2.45) is 5.92 Å². The Morgan fingerprint density at radius 3 is 2.51 bits per heavy atom. The summed E-state index contributed by atoms with van der Waals surface area (Å²) in [6.07, 6.45) is 8.51. The van der Waals surface area contributed by atoms with Gasteiger partial charge in [-0.05, 0) is 43.4 Å². The number of aryl methyl sites for hydroxylation is 1. The van der Waals surface area contributed by atoms with Crippen LogP contribution in [0.4, 0.5) is 4.79 Å². The Kier molecular flexibility index (Phi) is 8.35. The van der Waals surface area contributed by atoms with Gasteiger partial charge in [-0.1, -0.05) is 37.3 Å². The summed E-state index contributed by atoms with van der Waals surface area (Å²) in [6, 6.07) is 3.80. The zero-order valence-electron chi connectivity index (χ0n) is 22.7. The third-order valence-corrected chi connectivity index (χ3v) is 8.10. The monoisotopic (exact) mass is 538 g/mol. The summed E-state index contributed by atoms with van der Waals surface area (Å²) in [5.74, 6) is 1.44. The molecule has 5 rings (SSSR count). The van der Waals surface area contributed by atoms with Crippen LogP contribution in [0.2, 0.25) is 0 Å². The van der Waals surface area contributed by atoms with Gasteiger partial charge in [-0.15, -0.1) is 0 Å². The number of carboxylic acid groups (broad SMARTS) is 1. The Labute approximate surface area is 227 Å². The Hall–Kier alpha value is -3.60. The summed E-state index contributed by atoms with van der Waals surface area (Å²) in [5.41, 5.74) is 3.65. The highest BCUT2D eigenvalue weighted by atomic mass is 16.5. The number of nitrogens with one attached hydrogen (secondary N) is 2. The van der Waals surface area contributed by atoms with E-state index in [-0.39, 0.29) is 17.9 Å². The number of benzene rings is 1. The molecule has 2 amide bonds. The Morgan fingerprint density at radius 2 is 1.87 bits per heavy atom. The van der Waals surface area contributed by atoms with Crippen LogP contribution in [0.3, 0.4) is 0 Å². The maximum absolute atomic E-state index is 13.3. The van der Waals surface area contributed by atoms with Gasteiger partial charge in [0.15, 0.2) is 0 Å². The zero-order valence-corrected chi connectivity index (χ0v) is 22.7. The molecule has 39 heavy (non-hydrogen) atoms. The number of hydrogen-bond acceptors (Lipinski definition) is 7. The lowest BCUT2D eigenvalue weighted by Gasteiger charge is -2.33. The van der Waals surface area contributed by atoms with Crippen LogP contribution in [-0.4, -0.2) is 75.3 Å². The summed E-state index contributed by atoms with van der Waals surface area (Å²) in [6.45, 7) is 4.80. The van der Waals surface area contributed by atoms with Crippen molar-refractivity contribution in [3.05, 3.63) is 41.0 Å². The van der Waals surface area contributed by atoms with E-state index in [0.717, 1.165) is 48.1 Å². The molecule has 11 nitrogen and oxygen atoms in total. The smallest absolute Gasteiger partial charge is 0.407 e. The van der Waals surface area contributed by atoms with Gasteiger partial charge in [-0.2, -0.15) is 0 Å². The molecule has 210 valence electrons. The highest BCUT2D eigenvalue weighted by molar-refractivity contribution is 5.95. The minimum Gasteiger partial charge on any atom is -0.494 e. The molecule has 2 aliphatic rings. The van der Waals surface area contributed by atoms with Crippen LogP contribution >= 0.6 is 0 Å². The van der Waals surface area contributed by atoms with Crippen LogP contribution in [0.15, 0.2) is 22.9 Å². The predicted octanol–water partition coefficient (Wildman–Crippen LogP) is 4.50. The average Bonchev–Trinajstić information content (AvgIpc) is 3.53. The first-order chi connectivity index (χ1) is 18.9. The largest absolute Gasteiger partial charge is 0.494 e. The molecule has 0 radical (unpaired) electrons. The van der Waals surface area contributed by atoms with E-state index in [2.05, 4.69) is 26.4 Å². The van der Waals surface area contributed by atoms with E-state index in [4.69, 9.17) is 14.2 Å². The van der Waals surface area contributed by atoms with Gasteiger partial charge in [-0.25, -0.2) is 9.78 Å². The molecule has 3 N–H and O–H groups in total. The third kappa shape index (κ3) is 6.19. The van der Waals surface area contributed by atoms with Gasteiger partial charge >= 0.3 is 6.09 Å². The molecular formula is C28H38N6O5. The van der Waals surface area contributed by atoms with Crippen molar-refractivity contribution in [2.45, 2.75) is 64.5 Å². The van der Waals surface area contributed by atoms with Crippen LogP contribution in [-0.2, 0) is 6.54 Å². The van der Waals surface area contributed by atoms with E-state index >= 15 is 0 Å². The van der Waals surface area contributed by atoms with Crippen LogP contribution < -0.4 is 10.1 Å². The number of H-pyrrole nitrogens is 1. The highest BCUT2D eigenvalue weighted by Crippen LogP contribution is 2.35. The number of aromatic nitrogens is 3. The summed E-state index contributed by atoms with van der Waals surface area (Å²) < 4.78 is 10.8. The Bertz CT molecular complexity index is 1290. The van der Waals surface area contributed by atoms with Gasteiger partial charge in [-0.3, -0.25) is 9.69 Å². The van der Waals surface area contributed by atoms with Crippen molar-refractivity contribution < 1.29 is 24.0 Å². The van der Waals surface area contributed by atoms with Crippen molar-refractivity contribution in [3.8, 4) is 5.75 Å². The van der Waals surface area contributed by atoms with E-state index in [1.165, 1.54) is 30.4 Å². The Balaban J connectivity index is 1.42. The van der Waals surface area contributed by atoms with E-state index in [1.807, 2.05) is 6.07 Å². The minimum atomic E-state index is -0.868. The molecule has 1 saturated heterocycles. The van der Waals surface area contributed by atoms with Gasteiger partial charge in [0.25, 0.3) is 5.91 Å². The number of nitrogens with zero attached hydrogens (tertiary/aromatic N) is 4. The molecule has 1 unspecified atom stereocenters. The molecule has 2 aromatic heterocycles. The third-order valence-electron chi connectivity index (χ3n) is 8.10. The number of imidazole rings is 1. The maximum Gasteiger partial charge on any atom is 0.407 e. The minimum absolute atomic E-state index is 0.213. The van der Waals surface area contributed by atoms with Crippen LogP contribution in [0, 0.1) is 12.8 Å². The van der Waals surface area contributed by atoms with E-state index in [9.17, 15) is 14.7 Å². The van der Waals surface area contributed by atoms with Gasteiger partial charge in [0.2, 0.25) is 0 Å². The lowest BCUT2D eigenvalue weighted by atomic mass is 9.85. The first-order valence-electron chi connectivity index (χ1n) is 13.9. The number of methoxy groups -OCH3 is 1. The lowest BCUT2D eigenvalue weighted by molar-refractivity contribution is 0.0910. The number of carbonyl (C=O) groups excluding carboxylic acids is 1. The number of hydrogen-bond donors (Lipinski definition) is 3. The molecule has 11 heteroatoms. The van der Waals surface area contributed by atoms with Crippen LogP contribution in [0.5, 0.6) is 5.75 Å². The molecule has 1 aromatic carbocycles. The standard InChI is InChI=1S/C28H38N6O5/c1-18-21(17-39-32-18)27(35)31-24(20-8-6-4-3-5-7-9-20)26-29-22-14-19(15-23(38-2)25(22)30-26)16-33-10-12-34(13-11-33)28(36)37/h14-15,17,20,24H,3-13,16H2,1-2H3,(H,29,30)(H,31,35)(H,36,37). The van der Waals surface area contributed by atoms with Crippen LogP contribution in [0.25, 0.3) is 11.0 Å². The molecule has 0 bridgehead atoms. The van der Waals surface area contributed by atoms with Crippen molar-refractivity contribution in [1.29, 1.82) is 0 Å². The van der Waals surface area contributed by atoms with Crippen molar-refractivity contribution >= 4 is 23.0 Å². The SMILES string of the molecule is COc1cc(CN2CCN(C(=O)O)CC2)cc2[nH]c(C(NC(=O)c3conc3C)C3CCCCCCC3)nc12. The second kappa shape index (κ2) is 12.1. The topological polar surface area (TPSA) is 137 Å². The quantitative estimate of drug-likeness (QED) is 0.400. The van der Waals surface area contributed by atoms with E-state index in [1.54, 1.807) is 14.0 Å². The number of piperazine rings is 1. The summed E-state index contributed by atoms with van der Waals surface area (Å²) in [5, 5.41) is 16.4. The van der Waals surface area contributed by atoms with E-state index < -0.39 is 6.09 Å². The molecular weight excluding hydrogens is 500 g/mol. The fraction of sp³-hybridized carbons (Fsp3) is 0.571. The number of carbonyl (C=O) groups is 2. The number of fused-ring (bicyclic) bond motifs is 1. The Morgan fingerprint density at radius 1 is 1.15 bits per heavy atom. The number of amides is 2. The van der Waals surface area contributed by atoms with E-state index in [0.29, 0.717) is 49.7 Å². The average molecular weight is 539 g/mol. The first kappa shape index (κ1) is 27.0. The summed E-state index contributed by atoms with van der Waals surface area (Å²) >= 11 is 0. The zero-order chi connectivity index (χ0) is 27.4.